The Morgan fingerprint density at radius 2 is 1.59 bits per heavy atom. The summed E-state index contributed by atoms with van der Waals surface area (Å²) in [5, 5.41) is 0. The monoisotopic (exact) mass is 240 g/mol. The van der Waals surface area contributed by atoms with E-state index in [1.807, 2.05) is 0 Å². The highest BCUT2D eigenvalue weighted by molar-refractivity contribution is 5.91. The lowest BCUT2D eigenvalue weighted by molar-refractivity contribution is -0.150. The third-order valence-electron chi connectivity index (χ3n) is 3.25. The van der Waals surface area contributed by atoms with Crippen molar-refractivity contribution >= 4 is 11.9 Å². The lowest BCUT2D eigenvalue weighted by Crippen LogP contribution is -2.34. The van der Waals surface area contributed by atoms with Gasteiger partial charge < -0.3 is 9.47 Å². The van der Waals surface area contributed by atoms with E-state index in [9.17, 15) is 9.59 Å². The SMILES string of the molecule is COC(=O)/C=C\C(=O)OC1C(C)CCCC1C. The molecule has 4 nitrogen and oxygen atoms in total. The molecule has 0 aromatic rings. The summed E-state index contributed by atoms with van der Waals surface area (Å²) >= 11 is 0. The number of rotatable bonds is 3. The maximum Gasteiger partial charge on any atom is 0.331 e. The molecule has 0 aliphatic heterocycles. The highest BCUT2D eigenvalue weighted by Crippen LogP contribution is 2.31. The maximum absolute atomic E-state index is 11.5. The van der Waals surface area contributed by atoms with Crippen LogP contribution in [0.5, 0.6) is 0 Å². The van der Waals surface area contributed by atoms with Gasteiger partial charge >= 0.3 is 11.9 Å². The molecule has 0 N–H and O–H groups in total. The number of ether oxygens (including phenoxy) is 2. The summed E-state index contributed by atoms with van der Waals surface area (Å²) in [7, 11) is 1.27. The van der Waals surface area contributed by atoms with Gasteiger partial charge in [0.2, 0.25) is 0 Å². The van der Waals surface area contributed by atoms with Crippen LogP contribution in [0.25, 0.3) is 0 Å². The second-order valence-electron chi connectivity index (χ2n) is 4.64. The lowest BCUT2D eigenvalue weighted by Gasteiger charge is -2.33. The molecule has 0 aromatic carbocycles. The van der Waals surface area contributed by atoms with Crippen LogP contribution in [0, 0.1) is 11.8 Å². The lowest BCUT2D eigenvalue weighted by atomic mass is 9.80. The average molecular weight is 240 g/mol. The first-order valence-electron chi connectivity index (χ1n) is 6.01. The molecule has 4 heteroatoms. The van der Waals surface area contributed by atoms with Gasteiger partial charge in [0.1, 0.15) is 6.10 Å². The number of hydrogen-bond donors (Lipinski definition) is 0. The van der Waals surface area contributed by atoms with Crippen LogP contribution >= 0.6 is 0 Å². The van der Waals surface area contributed by atoms with E-state index in [4.69, 9.17) is 4.74 Å². The first kappa shape index (κ1) is 13.7. The molecule has 0 amide bonds. The van der Waals surface area contributed by atoms with Crippen molar-refractivity contribution in [1.82, 2.24) is 0 Å². The topological polar surface area (TPSA) is 52.6 Å². The van der Waals surface area contributed by atoms with Crippen molar-refractivity contribution < 1.29 is 19.1 Å². The summed E-state index contributed by atoms with van der Waals surface area (Å²) in [6.07, 6.45) is 5.53. The Morgan fingerprint density at radius 3 is 2.12 bits per heavy atom. The van der Waals surface area contributed by atoms with Crippen molar-refractivity contribution in [3.8, 4) is 0 Å². The highest BCUT2D eigenvalue weighted by Gasteiger charge is 2.30. The zero-order chi connectivity index (χ0) is 12.8. The van der Waals surface area contributed by atoms with E-state index in [1.54, 1.807) is 0 Å². The summed E-state index contributed by atoms with van der Waals surface area (Å²) < 4.78 is 9.78. The first-order valence-corrected chi connectivity index (χ1v) is 6.01. The molecule has 0 saturated heterocycles. The van der Waals surface area contributed by atoms with Crippen LogP contribution < -0.4 is 0 Å². The van der Waals surface area contributed by atoms with E-state index < -0.39 is 11.9 Å². The molecule has 0 aromatic heterocycles. The predicted octanol–water partition coefficient (Wildman–Crippen LogP) is 2.08. The number of hydrogen-bond acceptors (Lipinski definition) is 4. The summed E-state index contributed by atoms with van der Waals surface area (Å²) in [6.45, 7) is 4.19. The third-order valence-corrected chi connectivity index (χ3v) is 3.25. The fourth-order valence-corrected chi connectivity index (χ4v) is 2.26. The van der Waals surface area contributed by atoms with Crippen LogP contribution in [-0.2, 0) is 19.1 Å². The Bertz CT molecular complexity index is 299. The predicted molar refractivity (Wildman–Crippen MR) is 63.2 cm³/mol. The van der Waals surface area contributed by atoms with Crippen molar-refractivity contribution in [3.63, 3.8) is 0 Å². The molecule has 1 rings (SSSR count). The minimum Gasteiger partial charge on any atom is -0.466 e. The molecular formula is C13H20O4. The minimum absolute atomic E-state index is 0.0430. The van der Waals surface area contributed by atoms with Crippen molar-refractivity contribution in [2.75, 3.05) is 7.11 Å². The van der Waals surface area contributed by atoms with Gasteiger partial charge in [-0.1, -0.05) is 20.3 Å². The Hall–Kier alpha value is -1.32. The van der Waals surface area contributed by atoms with Gasteiger partial charge in [0.15, 0.2) is 0 Å². The van der Waals surface area contributed by atoms with Gasteiger partial charge in [0.25, 0.3) is 0 Å². The molecular weight excluding hydrogens is 220 g/mol. The fourth-order valence-electron chi connectivity index (χ4n) is 2.26. The smallest absolute Gasteiger partial charge is 0.331 e. The van der Waals surface area contributed by atoms with E-state index in [0.717, 1.165) is 25.0 Å². The van der Waals surface area contributed by atoms with E-state index in [-0.39, 0.29) is 6.10 Å². The molecule has 0 radical (unpaired) electrons. The molecule has 2 atom stereocenters. The normalized spacial score (nSPS) is 29.0. The van der Waals surface area contributed by atoms with Gasteiger partial charge in [-0.05, 0) is 24.7 Å². The van der Waals surface area contributed by atoms with Gasteiger partial charge in [-0.25, -0.2) is 9.59 Å². The van der Waals surface area contributed by atoms with Crippen LogP contribution in [0.1, 0.15) is 33.1 Å². The second-order valence-corrected chi connectivity index (χ2v) is 4.64. The molecule has 1 saturated carbocycles. The third kappa shape index (κ3) is 4.21. The quantitative estimate of drug-likeness (QED) is 0.560. The van der Waals surface area contributed by atoms with Crippen molar-refractivity contribution in [2.24, 2.45) is 11.8 Å². The van der Waals surface area contributed by atoms with E-state index >= 15 is 0 Å². The van der Waals surface area contributed by atoms with Gasteiger partial charge in [-0.2, -0.15) is 0 Å². The molecule has 1 fully saturated rings. The van der Waals surface area contributed by atoms with Gasteiger partial charge in [-0.15, -0.1) is 0 Å². The highest BCUT2D eigenvalue weighted by atomic mass is 16.5. The van der Waals surface area contributed by atoms with Crippen molar-refractivity contribution in [3.05, 3.63) is 12.2 Å². The summed E-state index contributed by atoms with van der Waals surface area (Å²) in [6, 6.07) is 0. The van der Waals surface area contributed by atoms with Crippen molar-refractivity contribution in [1.29, 1.82) is 0 Å². The molecule has 0 bridgehead atoms. The Balaban J connectivity index is 2.49. The van der Waals surface area contributed by atoms with Gasteiger partial charge in [0.05, 0.1) is 7.11 Å². The molecule has 0 heterocycles. The number of carbonyl (C=O) groups is 2. The van der Waals surface area contributed by atoms with E-state index in [0.29, 0.717) is 11.8 Å². The van der Waals surface area contributed by atoms with Crippen LogP contribution in [0.15, 0.2) is 12.2 Å². The van der Waals surface area contributed by atoms with E-state index in [1.165, 1.54) is 13.5 Å². The zero-order valence-corrected chi connectivity index (χ0v) is 10.6. The number of esters is 2. The van der Waals surface area contributed by atoms with Crippen LogP contribution in [0.3, 0.4) is 0 Å². The largest absolute Gasteiger partial charge is 0.466 e. The van der Waals surface area contributed by atoms with Gasteiger partial charge in [0, 0.05) is 12.2 Å². The van der Waals surface area contributed by atoms with Crippen molar-refractivity contribution in [2.45, 2.75) is 39.2 Å². The number of methoxy groups -OCH3 is 1. The summed E-state index contributed by atoms with van der Waals surface area (Å²) in [5.74, 6) is -0.254. The minimum atomic E-state index is -0.549. The van der Waals surface area contributed by atoms with E-state index in [2.05, 4.69) is 18.6 Å². The Kier molecular flexibility index (Phi) is 5.19. The fraction of sp³-hybridized carbons (Fsp3) is 0.692. The second kappa shape index (κ2) is 6.42. The molecule has 96 valence electrons. The molecule has 17 heavy (non-hydrogen) atoms. The standard InChI is InChI=1S/C13H20O4/c1-9-5-4-6-10(2)13(9)17-12(15)8-7-11(14)16-3/h7-10,13H,4-6H2,1-3H3/b8-7-. The molecule has 0 spiro atoms. The Morgan fingerprint density at radius 1 is 1.06 bits per heavy atom. The first-order chi connectivity index (χ1) is 8.04. The maximum atomic E-state index is 11.5. The number of carbonyl (C=O) groups excluding carboxylic acids is 2. The van der Waals surface area contributed by atoms with Crippen LogP contribution in [0.2, 0.25) is 0 Å². The average Bonchev–Trinajstić information content (AvgIpc) is 2.31. The van der Waals surface area contributed by atoms with Crippen LogP contribution in [-0.4, -0.2) is 25.2 Å². The molecule has 1 aliphatic carbocycles. The van der Waals surface area contributed by atoms with Crippen LogP contribution in [0.4, 0.5) is 0 Å². The summed E-state index contributed by atoms with van der Waals surface area (Å²) in [5.41, 5.74) is 0. The molecule has 1 aliphatic rings. The summed E-state index contributed by atoms with van der Waals surface area (Å²) in [4.78, 5) is 22.3. The Labute approximate surface area is 102 Å². The zero-order valence-electron chi connectivity index (χ0n) is 10.6. The van der Waals surface area contributed by atoms with Gasteiger partial charge in [-0.3, -0.25) is 0 Å². The molecule has 2 unspecified atom stereocenters.